The summed E-state index contributed by atoms with van der Waals surface area (Å²) in [5.74, 6) is 0.701. The molecule has 0 amide bonds. The predicted molar refractivity (Wildman–Crippen MR) is 140 cm³/mol. The fourth-order valence-electron chi connectivity index (χ4n) is 3.53. The lowest BCUT2D eigenvalue weighted by molar-refractivity contribution is 0.0729. The van der Waals surface area contributed by atoms with Gasteiger partial charge in [0.05, 0.1) is 19.0 Å². The average Bonchev–Trinajstić information content (AvgIpc) is 2.80. The number of hydrogen-bond donors (Lipinski definition) is 2. The van der Waals surface area contributed by atoms with Gasteiger partial charge in [0.2, 0.25) is 10.0 Å². The molecule has 9 heteroatoms. The third kappa shape index (κ3) is 8.34. The number of aliphatic imine (C=N–C) groups is 1. The Morgan fingerprint density at radius 3 is 2.34 bits per heavy atom. The molecule has 0 radical (unpaired) electrons. The molecule has 32 heavy (non-hydrogen) atoms. The van der Waals surface area contributed by atoms with Crippen molar-refractivity contribution in [3.8, 4) is 0 Å². The molecule has 0 saturated carbocycles. The van der Waals surface area contributed by atoms with Crippen LogP contribution in [0.3, 0.4) is 0 Å². The summed E-state index contributed by atoms with van der Waals surface area (Å²) in [5, 5.41) is 6.63. The van der Waals surface area contributed by atoms with E-state index in [1.165, 1.54) is 9.87 Å². The summed E-state index contributed by atoms with van der Waals surface area (Å²) in [6, 6.07) is 18.1. The van der Waals surface area contributed by atoms with Crippen LogP contribution in [0.4, 0.5) is 0 Å². The van der Waals surface area contributed by atoms with Gasteiger partial charge in [0.25, 0.3) is 0 Å². The van der Waals surface area contributed by atoms with Crippen LogP contribution in [0.2, 0.25) is 0 Å². The Bertz CT molecular complexity index is 949. The Kier molecular flexibility index (Phi) is 11.4. The second kappa shape index (κ2) is 13.8. The number of morpholine rings is 1. The van der Waals surface area contributed by atoms with E-state index in [2.05, 4.69) is 39.9 Å². The maximum atomic E-state index is 12.8. The molecule has 1 aliphatic rings. The van der Waals surface area contributed by atoms with Gasteiger partial charge in [-0.25, -0.2) is 8.42 Å². The molecule has 1 heterocycles. The van der Waals surface area contributed by atoms with Crippen LogP contribution in [0.25, 0.3) is 0 Å². The number of halogens is 1. The monoisotopic (exact) mass is 572 g/mol. The first-order valence-electron chi connectivity index (χ1n) is 10.7. The number of sulfonamides is 1. The van der Waals surface area contributed by atoms with E-state index in [-0.39, 0.29) is 29.7 Å². The van der Waals surface area contributed by atoms with Crippen molar-refractivity contribution in [3.63, 3.8) is 0 Å². The van der Waals surface area contributed by atoms with Crippen molar-refractivity contribution in [2.45, 2.75) is 25.1 Å². The molecular weight excluding hydrogens is 539 g/mol. The van der Waals surface area contributed by atoms with Crippen LogP contribution in [-0.2, 0) is 33.5 Å². The molecule has 0 spiro atoms. The van der Waals surface area contributed by atoms with Gasteiger partial charge in [0, 0.05) is 33.2 Å². The second-order valence-corrected chi connectivity index (χ2v) is 9.45. The maximum Gasteiger partial charge on any atom is 0.218 e. The van der Waals surface area contributed by atoms with Gasteiger partial charge in [-0.05, 0) is 29.5 Å². The third-order valence-electron chi connectivity index (χ3n) is 5.27. The van der Waals surface area contributed by atoms with Crippen LogP contribution in [0.15, 0.2) is 59.6 Å². The average molecular weight is 573 g/mol. The Hall–Kier alpha value is -1.69. The molecule has 1 fully saturated rings. The molecule has 0 aromatic heterocycles. The number of ether oxygens (including phenoxy) is 1. The normalized spacial score (nSPS) is 15.1. The van der Waals surface area contributed by atoms with Crippen LogP contribution >= 0.6 is 24.0 Å². The second-order valence-electron chi connectivity index (χ2n) is 7.48. The van der Waals surface area contributed by atoms with E-state index in [1.807, 2.05) is 30.3 Å². The summed E-state index contributed by atoms with van der Waals surface area (Å²) in [5.41, 5.74) is 3.08. The Morgan fingerprint density at radius 1 is 1.00 bits per heavy atom. The summed E-state index contributed by atoms with van der Waals surface area (Å²) in [4.78, 5) is 4.28. The highest BCUT2D eigenvalue weighted by Gasteiger charge is 2.25. The van der Waals surface area contributed by atoms with Gasteiger partial charge in [0.15, 0.2) is 5.96 Å². The van der Waals surface area contributed by atoms with Gasteiger partial charge in [-0.15, -0.1) is 24.0 Å². The zero-order valence-corrected chi connectivity index (χ0v) is 21.6. The summed E-state index contributed by atoms with van der Waals surface area (Å²) in [6.45, 7) is 3.06. The highest BCUT2D eigenvalue weighted by Crippen LogP contribution is 2.16. The molecule has 1 saturated heterocycles. The summed E-state index contributed by atoms with van der Waals surface area (Å²) in [6.07, 6.45) is 2.01. The molecule has 2 aromatic carbocycles. The van der Waals surface area contributed by atoms with Gasteiger partial charge in [0.1, 0.15) is 0 Å². The minimum absolute atomic E-state index is 0. The lowest BCUT2D eigenvalue weighted by Crippen LogP contribution is -2.41. The Labute approximate surface area is 208 Å². The van der Waals surface area contributed by atoms with Crippen molar-refractivity contribution in [2.24, 2.45) is 4.99 Å². The molecule has 2 N–H and O–H groups in total. The van der Waals surface area contributed by atoms with Crippen molar-refractivity contribution in [1.82, 2.24) is 14.9 Å². The molecule has 0 unspecified atom stereocenters. The first-order valence-corrected chi connectivity index (χ1v) is 12.3. The van der Waals surface area contributed by atoms with E-state index in [9.17, 15) is 8.42 Å². The number of benzene rings is 2. The van der Waals surface area contributed by atoms with Gasteiger partial charge in [-0.2, -0.15) is 4.31 Å². The maximum absolute atomic E-state index is 12.8. The lowest BCUT2D eigenvalue weighted by Gasteiger charge is -2.26. The van der Waals surface area contributed by atoms with Crippen LogP contribution < -0.4 is 10.6 Å². The molecule has 176 valence electrons. The highest BCUT2D eigenvalue weighted by atomic mass is 127. The number of nitrogens with zero attached hydrogens (tertiary/aromatic N) is 2. The molecule has 0 bridgehead atoms. The van der Waals surface area contributed by atoms with E-state index >= 15 is 0 Å². The van der Waals surface area contributed by atoms with Crippen LogP contribution in [-0.4, -0.2) is 58.6 Å². The number of rotatable bonds is 9. The fraction of sp³-hybridized carbons (Fsp3) is 0.435. The van der Waals surface area contributed by atoms with E-state index in [0.717, 1.165) is 30.5 Å². The van der Waals surface area contributed by atoms with Crippen molar-refractivity contribution in [2.75, 3.05) is 39.9 Å². The van der Waals surface area contributed by atoms with Crippen molar-refractivity contribution >= 4 is 40.0 Å². The minimum atomic E-state index is -3.37. The molecule has 1 aliphatic heterocycles. The molecule has 0 aliphatic carbocycles. The number of hydrogen-bond acceptors (Lipinski definition) is 4. The van der Waals surface area contributed by atoms with Gasteiger partial charge in [-0.3, -0.25) is 4.99 Å². The van der Waals surface area contributed by atoms with Crippen molar-refractivity contribution < 1.29 is 13.2 Å². The largest absolute Gasteiger partial charge is 0.379 e. The first-order chi connectivity index (χ1) is 15.1. The Morgan fingerprint density at radius 2 is 1.66 bits per heavy atom. The van der Waals surface area contributed by atoms with E-state index in [0.29, 0.717) is 38.8 Å². The van der Waals surface area contributed by atoms with Crippen LogP contribution in [0.5, 0.6) is 0 Å². The number of nitrogens with one attached hydrogen (secondary N) is 2. The van der Waals surface area contributed by atoms with Gasteiger partial charge >= 0.3 is 0 Å². The smallest absolute Gasteiger partial charge is 0.218 e. The quantitative estimate of drug-likeness (QED) is 0.209. The topological polar surface area (TPSA) is 83.0 Å². The minimum Gasteiger partial charge on any atom is -0.379 e. The molecule has 3 rings (SSSR count). The standard InChI is InChI=1S/C23H32N4O3S.HI/c1-24-23(25-13-7-10-20-8-3-2-4-9-20)26-18-21-11-5-6-12-22(21)19-31(28,29)27-14-16-30-17-15-27;/h2-6,8-9,11-12H,7,10,13-19H2,1H3,(H2,24,25,26);1H. The van der Waals surface area contributed by atoms with Gasteiger partial charge < -0.3 is 15.4 Å². The van der Waals surface area contributed by atoms with Crippen LogP contribution in [0.1, 0.15) is 23.1 Å². The van der Waals surface area contributed by atoms with Crippen LogP contribution in [0, 0.1) is 0 Å². The summed E-state index contributed by atoms with van der Waals surface area (Å²) >= 11 is 0. The summed E-state index contributed by atoms with van der Waals surface area (Å²) < 4.78 is 32.4. The first kappa shape index (κ1) is 26.6. The highest BCUT2D eigenvalue weighted by molar-refractivity contribution is 14.0. The van der Waals surface area contributed by atoms with Gasteiger partial charge in [-0.1, -0.05) is 54.6 Å². The zero-order chi connectivity index (χ0) is 21.9. The van der Waals surface area contributed by atoms with Crippen molar-refractivity contribution in [3.05, 3.63) is 71.3 Å². The zero-order valence-electron chi connectivity index (χ0n) is 18.5. The van der Waals surface area contributed by atoms with E-state index in [4.69, 9.17) is 4.74 Å². The molecule has 0 atom stereocenters. The van der Waals surface area contributed by atoms with E-state index in [1.54, 1.807) is 7.05 Å². The molecule has 7 nitrogen and oxygen atoms in total. The molecule has 2 aromatic rings. The number of guanidine groups is 1. The molecular formula is C23H33IN4O3S. The SMILES string of the molecule is CN=C(NCCCc1ccccc1)NCc1ccccc1CS(=O)(=O)N1CCOCC1.I. The third-order valence-corrected chi connectivity index (χ3v) is 7.09. The predicted octanol–water partition coefficient (Wildman–Crippen LogP) is 2.76. The van der Waals surface area contributed by atoms with Crippen molar-refractivity contribution in [1.29, 1.82) is 0 Å². The fourth-order valence-corrected chi connectivity index (χ4v) is 5.09. The number of aryl methyl sites for hydroxylation is 1. The lowest BCUT2D eigenvalue weighted by atomic mass is 10.1. The van der Waals surface area contributed by atoms with E-state index < -0.39 is 10.0 Å². The summed E-state index contributed by atoms with van der Waals surface area (Å²) in [7, 11) is -1.63. The Balaban J connectivity index is 0.00000363.